The van der Waals surface area contributed by atoms with Gasteiger partial charge in [0.2, 0.25) is 0 Å². The summed E-state index contributed by atoms with van der Waals surface area (Å²) in [6, 6.07) is 7.85. The molecule has 0 unspecified atom stereocenters. The Morgan fingerprint density at radius 2 is 1.75 bits per heavy atom. The van der Waals surface area contributed by atoms with E-state index in [-0.39, 0.29) is 22.1 Å². The number of halogens is 1. The second-order valence-corrected chi connectivity index (χ2v) is 6.82. The van der Waals surface area contributed by atoms with Gasteiger partial charge >= 0.3 is 0 Å². The number of nitrogens with zero attached hydrogens (tertiary/aromatic N) is 2. The smallest absolute Gasteiger partial charge is 0.194 e. The van der Waals surface area contributed by atoms with E-state index in [0.717, 1.165) is 6.07 Å². The quantitative estimate of drug-likeness (QED) is 0.775. The molecule has 0 saturated heterocycles. The van der Waals surface area contributed by atoms with Crippen LogP contribution in [0.2, 0.25) is 0 Å². The number of phenols is 1. The van der Waals surface area contributed by atoms with Crippen LogP contribution >= 0.6 is 0 Å². The van der Waals surface area contributed by atoms with Crippen LogP contribution in [0.15, 0.2) is 51.5 Å². The molecule has 0 spiro atoms. The van der Waals surface area contributed by atoms with Crippen LogP contribution in [0.1, 0.15) is 0 Å². The zero-order valence-corrected chi connectivity index (χ0v) is 13.5. The number of benzene rings is 2. The monoisotopic (exact) mass is 354 g/mol. The molecule has 2 rings (SSSR count). The Kier molecular flexibility index (Phi) is 5.47. The summed E-state index contributed by atoms with van der Waals surface area (Å²) in [4.78, 5) is 0.0628. The van der Waals surface area contributed by atoms with Gasteiger partial charge < -0.3 is 14.9 Å². The molecule has 7 nitrogen and oxygen atoms in total. The number of hydrogen-bond donors (Lipinski definition) is 2. The summed E-state index contributed by atoms with van der Waals surface area (Å²) in [5, 5.41) is 25.8. The molecular weight excluding hydrogens is 339 g/mol. The zero-order chi connectivity index (χ0) is 17.7. The number of hydrogen-bond acceptors (Lipinski definition) is 7. The van der Waals surface area contributed by atoms with E-state index in [0.29, 0.717) is 5.69 Å². The fourth-order valence-corrected chi connectivity index (χ4v) is 2.87. The third kappa shape index (κ3) is 4.06. The van der Waals surface area contributed by atoms with E-state index < -0.39 is 28.0 Å². The first-order valence-electron chi connectivity index (χ1n) is 6.79. The van der Waals surface area contributed by atoms with Gasteiger partial charge in [-0.3, -0.25) is 0 Å². The largest absolute Gasteiger partial charge is 0.502 e. The molecule has 2 aromatic rings. The second-order valence-electron chi connectivity index (χ2n) is 4.71. The van der Waals surface area contributed by atoms with Gasteiger partial charge in [-0.25, -0.2) is 12.8 Å². The molecular formula is C15H15FN2O5S. The van der Waals surface area contributed by atoms with Gasteiger partial charge in [0.15, 0.2) is 27.2 Å². The molecule has 2 N–H and O–H groups in total. The normalized spacial score (nSPS) is 11.8. The number of sulfone groups is 1. The number of aliphatic hydroxyl groups excluding tert-OH is 1. The van der Waals surface area contributed by atoms with Crippen molar-refractivity contribution in [2.45, 2.75) is 4.90 Å². The predicted octanol–water partition coefficient (Wildman–Crippen LogP) is 2.72. The van der Waals surface area contributed by atoms with Gasteiger partial charge in [0.25, 0.3) is 0 Å². The maximum absolute atomic E-state index is 13.5. The van der Waals surface area contributed by atoms with Crippen molar-refractivity contribution in [1.82, 2.24) is 0 Å². The molecule has 0 aliphatic heterocycles. The highest BCUT2D eigenvalue weighted by Crippen LogP contribution is 2.34. The van der Waals surface area contributed by atoms with Crippen LogP contribution in [0.4, 0.5) is 15.8 Å². The number of phenolic OH excluding ortho intramolecular Hbond substituents is 1. The third-order valence-electron chi connectivity index (χ3n) is 3.07. The van der Waals surface area contributed by atoms with Gasteiger partial charge in [-0.2, -0.15) is 10.2 Å². The average molecular weight is 354 g/mol. The van der Waals surface area contributed by atoms with Gasteiger partial charge in [0.1, 0.15) is 0 Å². The van der Waals surface area contributed by atoms with Crippen molar-refractivity contribution in [3.8, 4) is 11.5 Å². The number of rotatable bonds is 6. The molecule has 0 radical (unpaired) electrons. The van der Waals surface area contributed by atoms with Crippen LogP contribution in [-0.4, -0.2) is 38.1 Å². The molecule has 0 aromatic heterocycles. The Labute approximate surface area is 138 Å². The van der Waals surface area contributed by atoms with Gasteiger partial charge in [0.05, 0.1) is 35.7 Å². The highest BCUT2D eigenvalue weighted by atomic mass is 32.2. The van der Waals surface area contributed by atoms with Crippen LogP contribution < -0.4 is 4.74 Å². The molecule has 0 aliphatic rings. The molecule has 128 valence electrons. The Bertz CT molecular complexity index is 851. The Balaban J connectivity index is 2.23. The van der Waals surface area contributed by atoms with Crippen LogP contribution in [-0.2, 0) is 9.84 Å². The van der Waals surface area contributed by atoms with E-state index in [9.17, 15) is 17.9 Å². The van der Waals surface area contributed by atoms with Gasteiger partial charge in [0, 0.05) is 12.1 Å². The van der Waals surface area contributed by atoms with Crippen molar-refractivity contribution in [2.75, 3.05) is 19.5 Å². The third-order valence-corrected chi connectivity index (χ3v) is 4.78. The summed E-state index contributed by atoms with van der Waals surface area (Å²) >= 11 is 0. The fourth-order valence-electron chi connectivity index (χ4n) is 1.85. The van der Waals surface area contributed by atoms with Crippen molar-refractivity contribution in [1.29, 1.82) is 0 Å². The number of aromatic hydroxyl groups is 1. The van der Waals surface area contributed by atoms with E-state index in [4.69, 9.17) is 9.84 Å². The Hall–Kier alpha value is -2.52. The summed E-state index contributed by atoms with van der Waals surface area (Å²) in [5.41, 5.74) is 0.476. The zero-order valence-electron chi connectivity index (χ0n) is 12.7. The average Bonchev–Trinajstić information content (AvgIpc) is 2.56. The lowest BCUT2D eigenvalue weighted by molar-refractivity contribution is 0.319. The second kappa shape index (κ2) is 7.37. The predicted molar refractivity (Wildman–Crippen MR) is 84.4 cm³/mol. The number of methoxy groups -OCH3 is 1. The number of ether oxygens (including phenoxy) is 1. The van der Waals surface area contributed by atoms with Crippen molar-refractivity contribution >= 4 is 21.2 Å². The topological polar surface area (TPSA) is 109 Å². The molecule has 0 amide bonds. The SMILES string of the molecule is COc1cc(/N=N/c2ccc(S(=O)(=O)CCO)cc2)cc(F)c1O. The van der Waals surface area contributed by atoms with E-state index in [1.165, 1.54) is 37.4 Å². The fraction of sp³-hybridized carbons (Fsp3) is 0.200. The molecule has 0 fully saturated rings. The van der Waals surface area contributed by atoms with Crippen LogP contribution in [0, 0.1) is 5.82 Å². The number of azo groups is 1. The summed E-state index contributed by atoms with van der Waals surface area (Å²) in [6.45, 7) is -0.460. The maximum atomic E-state index is 13.5. The van der Waals surface area contributed by atoms with E-state index in [1.807, 2.05) is 0 Å². The van der Waals surface area contributed by atoms with Crippen LogP contribution in [0.3, 0.4) is 0 Å². The van der Waals surface area contributed by atoms with Gasteiger partial charge in [-0.05, 0) is 24.3 Å². The van der Waals surface area contributed by atoms with E-state index in [1.54, 1.807) is 0 Å². The standard InChI is InChI=1S/C15H15FN2O5S/c1-23-14-9-11(8-13(16)15(14)20)18-17-10-2-4-12(5-3-10)24(21,22)7-6-19/h2-5,8-9,19-20H,6-7H2,1H3/b18-17+. The maximum Gasteiger partial charge on any atom is 0.194 e. The van der Waals surface area contributed by atoms with E-state index in [2.05, 4.69) is 10.2 Å². The minimum atomic E-state index is -3.53. The Morgan fingerprint density at radius 3 is 2.33 bits per heavy atom. The van der Waals surface area contributed by atoms with Crippen LogP contribution in [0.5, 0.6) is 11.5 Å². The summed E-state index contributed by atoms with van der Waals surface area (Å²) in [7, 11) is -2.25. The first kappa shape index (κ1) is 17.8. The highest BCUT2D eigenvalue weighted by Gasteiger charge is 2.13. The molecule has 0 saturated carbocycles. The summed E-state index contributed by atoms with van der Waals surface area (Å²) < 4.78 is 41.8. The minimum Gasteiger partial charge on any atom is -0.502 e. The molecule has 0 aliphatic carbocycles. The lowest BCUT2D eigenvalue weighted by Gasteiger charge is -2.04. The minimum absolute atomic E-state index is 0.0628. The molecule has 9 heteroatoms. The van der Waals surface area contributed by atoms with Crippen molar-refractivity contribution in [3.63, 3.8) is 0 Å². The number of aliphatic hydroxyl groups is 1. The van der Waals surface area contributed by atoms with Crippen molar-refractivity contribution in [3.05, 3.63) is 42.2 Å². The lowest BCUT2D eigenvalue weighted by atomic mass is 10.2. The van der Waals surface area contributed by atoms with Gasteiger partial charge in [-0.1, -0.05) is 0 Å². The first-order chi connectivity index (χ1) is 11.4. The van der Waals surface area contributed by atoms with Crippen LogP contribution in [0.25, 0.3) is 0 Å². The Morgan fingerprint density at radius 1 is 1.12 bits per heavy atom. The first-order valence-corrected chi connectivity index (χ1v) is 8.44. The molecule has 0 bridgehead atoms. The van der Waals surface area contributed by atoms with E-state index >= 15 is 0 Å². The van der Waals surface area contributed by atoms with Gasteiger partial charge in [-0.15, -0.1) is 0 Å². The van der Waals surface area contributed by atoms with Crippen molar-refractivity contribution < 1.29 is 27.8 Å². The van der Waals surface area contributed by atoms with Crippen molar-refractivity contribution in [2.24, 2.45) is 10.2 Å². The summed E-state index contributed by atoms with van der Waals surface area (Å²) in [6.07, 6.45) is 0. The summed E-state index contributed by atoms with van der Waals surface area (Å²) in [5.74, 6) is -1.95. The highest BCUT2D eigenvalue weighted by molar-refractivity contribution is 7.91. The lowest BCUT2D eigenvalue weighted by Crippen LogP contribution is -2.09. The molecule has 0 heterocycles. The molecule has 0 atom stereocenters. The molecule has 24 heavy (non-hydrogen) atoms. The molecule has 2 aromatic carbocycles.